The monoisotopic (exact) mass is 709 g/mol. The lowest BCUT2D eigenvalue weighted by molar-refractivity contribution is -0.119. The Bertz CT molecular complexity index is 1820. The van der Waals surface area contributed by atoms with Crippen LogP contribution in [0.15, 0.2) is 87.3 Å². The van der Waals surface area contributed by atoms with E-state index in [2.05, 4.69) is 26.5 Å². The van der Waals surface area contributed by atoms with Crippen molar-refractivity contribution in [3.05, 3.63) is 105 Å². The summed E-state index contributed by atoms with van der Waals surface area (Å²) in [5.41, 5.74) is 7.23. The predicted molar refractivity (Wildman–Crippen MR) is 182 cm³/mol. The zero-order valence-corrected chi connectivity index (χ0v) is 28.9. The van der Waals surface area contributed by atoms with Crippen molar-refractivity contribution in [1.29, 1.82) is 0 Å². The molecule has 0 radical (unpaired) electrons. The lowest BCUT2D eigenvalue weighted by atomic mass is 10.1. The second-order valence-electron chi connectivity index (χ2n) is 10.5. The summed E-state index contributed by atoms with van der Waals surface area (Å²) in [6.45, 7) is 5.55. The fourth-order valence-corrected chi connectivity index (χ4v) is 6.65. The van der Waals surface area contributed by atoms with E-state index in [0.29, 0.717) is 39.6 Å². The van der Waals surface area contributed by atoms with E-state index in [0.717, 1.165) is 26.6 Å². The number of sulfonamides is 1. The van der Waals surface area contributed by atoms with Gasteiger partial charge in [0, 0.05) is 6.07 Å². The molecule has 0 spiro atoms. The maximum absolute atomic E-state index is 13.9. The topological polar surface area (TPSA) is 116 Å². The number of halogens is 1. The van der Waals surface area contributed by atoms with Gasteiger partial charge in [-0.2, -0.15) is 5.10 Å². The molecule has 0 saturated heterocycles. The molecule has 10 nitrogen and oxygen atoms in total. The number of rotatable bonds is 13. The predicted octanol–water partition coefficient (Wildman–Crippen LogP) is 6.32. The van der Waals surface area contributed by atoms with Gasteiger partial charge >= 0.3 is 0 Å². The van der Waals surface area contributed by atoms with Gasteiger partial charge in [0.05, 0.1) is 42.6 Å². The molecule has 12 heteroatoms. The molecule has 1 N–H and O–H groups in total. The summed E-state index contributed by atoms with van der Waals surface area (Å²) >= 11 is 3.53. The van der Waals surface area contributed by atoms with Gasteiger partial charge in [-0.05, 0) is 95.4 Å². The summed E-state index contributed by atoms with van der Waals surface area (Å²) in [7, 11) is 0.194. The van der Waals surface area contributed by atoms with Crippen molar-refractivity contribution in [3.8, 4) is 23.0 Å². The Morgan fingerprint density at radius 2 is 1.48 bits per heavy atom. The van der Waals surface area contributed by atoms with Crippen LogP contribution in [0, 0.1) is 20.8 Å². The Kier molecular flexibility index (Phi) is 11.3. The molecule has 0 aliphatic rings. The highest BCUT2D eigenvalue weighted by Gasteiger charge is 2.29. The lowest BCUT2D eigenvalue weighted by Crippen LogP contribution is -2.39. The Morgan fingerprint density at radius 1 is 0.826 bits per heavy atom. The molecule has 0 aliphatic carbocycles. The summed E-state index contributed by atoms with van der Waals surface area (Å²) in [6, 6.07) is 21.1. The number of amides is 1. The Labute approximate surface area is 278 Å². The van der Waals surface area contributed by atoms with Crippen LogP contribution in [0.2, 0.25) is 0 Å². The van der Waals surface area contributed by atoms with Crippen LogP contribution < -0.4 is 28.7 Å². The number of aryl methyl sites for hydroxylation is 3. The maximum Gasteiger partial charge on any atom is 0.264 e. The number of benzene rings is 4. The van der Waals surface area contributed by atoms with Gasteiger partial charge < -0.3 is 18.9 Å². The van der Waals surface area contributed by atoms with E-state index in [-0.39, 0.29) is 10.6 Å². The molecule has 0 bridgehead atoms. The van der Waals surface area contributed by atoms with Crippen molar-refractivity contribution < 1.29 is 32.2 Å². The molecule has 46 heavy (non-hydrogen) atoms. The molecule has 0 aromatic heterocycles. The first kappa shape index (κ1) is 34.3. The van der Waals surface area contributed by atoms with Gasteiger partial charge in [0.2, 0.25) is 0 Å². The van der Waals surface area contributed by atoms with Crippen LogP contribution in [0.25, 0.3) is 0 Å². The summed E-state index contributed by atoms with van der Waals surface area (Å²) in [4.78, 5) is 13.1. The van der Waals surface area contributed by atoms with Crippen molar-refractivity contribution >= 4 is 43.8 Å². The summed E-state index contributed by atoms with van der Waals surface area (Å²) in [6.07, 6.45) is 1.43. The third-order valence-corrected chi connectivity index (χ3v) is 9.24. The molecule has 0 saturated carbocycles. The second-order valence-corrected chi connectivity index (χ2v) is 13.2. The molecule has 1 amide bonds. The van der Waals surface area contributed by atoms with Crippen LogP contribution in [0.3, 0.4) is 0 Å². The number of nitrogens with zero attached hydrogens (tertiary/aromatic N) is 2. The number of nitrogens with one attached hydrogen (secondary N) is 1. The number of hydrogen-bond acceptors (Lipinski definition) is 8. The standard InChI is InChI=1S/C34H36BrN3O7S/c1-22-7-9-25(10-8-22)21-45-34-29(35)16-26(17-32(34)44-6)19-36-37-33(39)20-38(27-14-23(2)13-24(3)15-27)46(40,41)28-11-12-30(42-4)31(18-28)43-5/h7-19H,20-21H2,1-6H3,(H,37,39)/b36-19-. The van der Waals surface area contributed by atoms with Crippen molar-refractivity contribution in [2.45, 2.75) is 32.3 Å². The third kappa shape index (κ3) is 8.38. The van der Waals surface area contributed by atoms with E-state index in [4.69, 9.17) is 18.9 Å². The van der Waals surface area contributed by atoms with Gasteiger partial charge in [0.25, 0.3) is 15.9 Å². The van der Waals surface area contributed by atoms with Crippen LogP contribution in [0.1, 0.15) is 27.8 Å². The van der Waals surface area contributed by atoms with E-state index in [9.17, 15) is 13.2 Å². The number of carbonyl (C=O) groups is 1. The van der Waals surface area contributed by atoms with Crippen molar-refractivity contribution in [2.75, 3.05) is 32.2 Å². The molecule has 4 aromatic rings. The van der Waals surface area contributed by atoms with Gasteiger partial charge in [-0.15, -0.1) is 0 Å². The van der Waals surface area contributed by atoms with E-state index in [1.807, 2.05) is 51.1 Å². The van der Waals surface area contributed by atoms with Gasteiger partial charge in [-0.1, -0.05) is 35.9 Å². The Morgan fingerprint density at radius 3 is 2.11 bits per heavy atom. The van der Waals surface area contributed by atoms with Gasteiger partial charge in [-0.25, -0.2) is 13.8 Å². The van der Waals surface area contributed by atoms with Crippen molar-refractivity contribution in [1.82, 2.24) is 5.43 Å². The van der Waals surface area contributed by atoms with Gasteiger partial charge in [0.15, 0.2) is 23.0 Å². The van der Waals surface area contributed by atoms with Crippen LogP contribution in [-0.2, 0) is 21.4 Å². The fourth-order valence-electron chi connectivity index (χ4n) is 4.65. The minimum Gasteiger partial charge on any atom is -0.493 e. The SMILES string of the molecule is COc1ccc(S(=O)(=O)N(CC(=O)N/N=C\c2cc(Br)c(OCc3ccc(C)cc3)c(OC)c2)c2cc(C)cc(C)c2)cc1OC. The van der Waals surface area contributed by atoms with Crippen molar-refractivity contribution in [2.24, 2.45) is 5.10 Å². The molecule has 0 atom stereocenters. The highest BCUT2D eigenvalue weighted by molar-refractivity contribution is 9.10. The Hall–Kier alpha value is -4.55. The minimum atomic E-state index is -4.22. The molecule has 4 rings (SSSR count). The first-order valence-corrected chi connectivity index (χ1v) is 16.4. The molecule has 4 aromatic carbocycles. The maximum atomic E-state index is 13.9. The zero-order chi connectivity index (χ0) is 33.4. The second kappa shape index (κ2) is 15.2. The average molecular weight is 711 g/mol. The fraction of sp³-hybridized carbons (Fsp3) is 0.235. The summed E-state index contributed by atoms with van der Waals surface area (Å²) in [5, 5.41) is 4.08. The largest absolute Gasteiger partial charge is 0.493 e. The van der Waals surface area contributed by atoms with E-state index >= 15 is 0 Å². The molecule has 0 aliphatic heterocycles. The lowest BCUT2D eigenvalue weighted by Gasteiger charge is -2.25. The smallest absolute Gasteiger partial charge is 0.264 e. The quantitative estimate of drug-likeness (QED) is 0.128. The molecule has 242 valence electrons. The van der Waals surface area contributed by atoms with Gasteiger partial charge in [-0.3, -0.25) is 9.10 Å². The third-order valence-electron chi connectivity index (χ3n) is 6.88. The number of carbonyl (C=O) groups excluding carboxylic acids is 1. The van der Waals surface area contributed by atoms with Crippen LogP contribution in [0.4, 0.5) is 5.69 Å². The summed E-state index contributed by atoms with van der Waals surface area (Å²) in [5.74, 6) is 0.959. The van der Waals surface area contributed by atoms with Crippen molar-refractivity contribution in [3.63, 3.8) is 0 Å². The number of methoxy groups -OCH3 is 3. The number of hydrogen-bond donors (Lipinski definition) is 1. The van der Waals surface area contributed by atoms with Crippen LogP contribution in [-0.4, -0.2) is 48.4 Å². The highest BCUT2D eigenvalue weighted by atomic mass is 79.9. The minimum absolute atomic E-state index is 0.0674. The summed E-state index contributed by atoms with van der Waals surface area (Å²) < 4.78 is 51.7. The van der Waals surface area contributed by atoms with Crippen LogP contribution >= 0.6 is 15.9 Å². The first-order chi connectivity index (χ1) is 21.9. The number of hydrazone groups is 1. The first-order valence-electron chi connectivity index (χ1n) is 14.2. The van der Waals surface area contributed by atoms with Crippen LogP contribution in [0.5, 0.6) is 23.0 Å². The number of ether oxygens (including phenoxy) is 4. The Balaban J connectivity index is 1.54. The van der Waals surface area contributed by atoms with E-state index < -0.39 is 22.5 Å². The van der Waals surface area contributed by atoms with E-state index in [1.54, 1.807) is 24.3 Å². The van der Waals surface area contributed by atoms with Gasteiger partial charge in [0.1, 0.15) is 13.2 Å². The van der Waals surface area contributed by atoms with E-state index in [1.165, 1.54) is 45.7 Å². The number of anilines is 1. The molecular formula is C34H36BrN3O7S. The molecule has 0 fully saturated rings. The molecular weight excluding hydrogens is 674 g/mol. The normalized spacial score (nSPS) is 11.3. The molecule has 0 heterocycles. The molecule has 0 unspecified atom stereocenters. The zero-order valence-electron chi connectivity index (χ0n) is 26.5. The highest BCUT2D eigenvalue weighted by Crippen LogP contribution is 2.37. The average Bonchev–Trinajstić information content (AvgIpc) is 3.02.